The number of nitrogens with one attached hydrogen (secondary N) is 1. The van der Waals surface area contributed by atoms with Crippen LogP contribution in [-0.2, 0) is 6.54 Å². The normalized spacial score (nSPS) is 10.2. The largest absolute Gasteiger partial charge is 0.496 e. The van der Waals surface area contributed by atoms with Crippen LogP contribution in [0.25, 0.3) is 11.1 Å². The average Bonchev–Trinajstić information content (AvgIpc) is 2.62. The standard InChI is InChI=1S/C20H16ClF2NO.ClH/c1-25-20-10-7-14(21)11-16(20)13-5-8-15(9-6-13)24-12-17-18(22)3-2-4-19(17)23;/h2-11,24H,12H2,1H3;1H. The smallest absolute Gasteiger partial charge is 0.131 e. The fraction of sp³-hybridized carbons (Fsp3) is 0.100. The van der Waals surface area contributed by atoms with Gasteiger partial charge in [-0.1, -0.05) is 29.8 Å². The number of ether oxygens (including phenoxy) is 1. The van der Waals surface area contributed by atoms with Crippen molar-refractivity contribution in [3.05, 3.63) is 82.9 Å². The van der Waals surface area contributed by atoms with E-state index in [0.29, 0.717) is 5.02 Å². The first-order valence-electron chi connectivity index (χ1n) is 7.69. The molecule has 0 amide bonds. The Morgan fingerprint density at radius 3 is 2.23 bits per heavy atom. The van der Waals surface area contributed by atoms with Crippen LogP contribution in [0.1, 0.15) is 5.56 Å². The number of hydrogen-bond donors (Lipinski definition) is 1. The van der Waals surface area contributed by atoms with Crippen LogP contribution in [-0.4, -0.2) is 7.11 Å². The van der Waals surface area contributed by atoms with Crippen molar-refractivity contribution >= 4 is 29.7 Å². The zero-order valence-electron chi connectivity index (χ0n) is 13.9. The molecule has 0 aliphatic heterocycles. The van der Waals surface area contributed by atoms with Crippen LogP contribution in [0.15, 0.2) is 60.7 Å². The summed E-state index contributed by atoms with van der Waals surface area (Å²) in [6, 6.07) is 16.7. The molecular formula is C20H17Cl2F2NO. The van der Waals surface area contributed by atoms with Crippen molar-refractivity contribution in [3.8, 4) is 16.9 Å². The van der Waals surface area contributed by atoms with Gasteiger partial charge in [-0.15, -0.1) is 12.4 Å². The van der Waals surface area contributed by atoms with Crippen molar-refractivity contribution in [3.63, 3.8) is 0 Å². The van der Waals surface area contributed by atoms with Crippen molar-refractivity contribution in [2.45, 2.75) is 6.54 Å². The number of halogens is 4. The number of hydrogen-bond acceptors (Lipinski definition) is 2. The van der Waals surface area contributed by atoms with Crippen molar-refractivity contribution in [2.75, 3.05) is 12.4 Å². The van der Waals surface area contributed by atoms with E-state index in [0.717, 1.165) is 22.6 Å². The lowest BCUT2D eigenvalue weighted by Crippen LogP contribution is -2.04. The number of anilines is 1. The summed E-state index contributed by atoms with van der Waals surface area (Å²) in [4.78, 5) is 0. The van der Waals surface area contributed by atoms with Gasteiger partial charge in [0.2, 0.25) is 0 Å². The summed E-state index contributed by atoms with van der Waals surface area (Å²) < 4.78 is 32.7. The lowest BCUT2D eigenvalue weighted by atomic mass is 10.0. The Morgan fingerprint density at radius 1 is 0.962 bits per heavy atom. The van der Waals surface area contributed by atoms with E-state index in [2.05, 4.69) is 5.32 Å². The Labute approximate surface area is 162 Å². The molecule has 0 saturated carbocycles. The lowest BCUT2D eigenvalue weighted by Gasteiger charge is -2.11. The SMILES string of the molecule is COc1ccc(Cl)cc1-c1ccc(NCc2c(F)cccc2F)cc1.Cl. The highest BCUT2D eigenvalue weighted by atomic mass is 35.5. The van der Waals surface area contributed by atoms with E-state index >= 15 is 0 Å². The molecule has 0 saturated heterocycles. The van der Waals surface area contributed by atoms with Crippen LogP contribution in [0, 0.1) is 11.6 Å². The van der Waals surface area contributed by atoms with Gasteiger partial charge in [0.15, 0.2) is 0 Å². The molecule has 0 bridgehead atoms. The minimum atomic E-state index is -0.562. The molecule has 3 aromatic carbocycles. The zero-order chi connectivity index (χ0) is 17.8. The molecule has 0 atom stereocenters. The Hall–Kier alpha value is -2.30. The molecule has 0 unspecified atom stereocenters. The fourth-order valence-corrected chi connectivity index (χ4v) is 2.74. The van der Waals surface area contributed by atoms with Gasteiger partial charge in [-0.25, -0.2) is 8.78 Å². The molecule has 3 aromatic rings. The molecular weight excluding hydrogens is 379 g/mol. The summed E-state index contributed by atoms with van der Waals surface area (Å²) in [5.41, 5.74) is 2.58. The first kappa shape index (κ1) is 20.0. The van der Waals surface area contributed by atoms with Gasteiger partial charge >= 0.3 is 0 Å². The average molecular weight is 396 g/mol. The molecule has 0 heterocycles. The van der Waals surface area contributed by atoms with Crippen LogP contribution < -0.4 is 10.1 Å². The summed E-state index contributed by atoms with van der Waals surface area (Å²) >= 11 is 6.06. The second-order valence-electron chi connectivity index (χ2n) is 5.48. The molecule has 136 valence electrons. The zero-order valence-corrected chi connectivity index (χ0v) is 15.5. The van der Waals surface area contributed by atoms with E-state index < -0.39 is 11.6 Å². The quantitative estimate of drug-likeness (QED) is 0.544. The molecule has 0 spiro atoms. The number of benzene rings is 3. The third-order valence-corrected chi connectivity index (χ3v) is 4.12. The van der Waals surface area contributed by atoms with Gasteiger partial charge in [0, 0.05) is 28.4 Å². The van der Waals surface area contributed by atoms with Gasteiger partial charge in [-0.3, -0.25) is 0 Å². The third kappa shape index (κ3) is 4.45. The topological polar surface area (TPSA) is 21.3 Å². The maximum absolute atomic E-state index is 13.7. The summed E-state index contributed by atoms with van der Waals surface area (Å²) in [6.45, 7) is 0.0678. The first-order chi connectivity index (χ1) is 12.1. The Morgan fingerprint density at radius 2 is 1.62 bits per heavy atom. The fourth-order valence-electron chi connectivity index (χ4n) is 2.57. The van der Waals surface area contributed by atoms with Gasteiger partial charge in [0.1, 0.15) is 17.4 Å². The molecule has 1 N–H and O–H groups in total. The Bertz CT molecular complexity index is 865. The Balaban J connectivity index is 0.00000243. The molecule has 0 aliphatic carbocycles. The number of rotatable bonds is 5. The van der Waals surface area contributed by atoms with E-state index in [4.69, 9.17) is 16.3 Å². The van der Waals surface area contributed by atoms with Crippen LogP contribution in [0.4, 0.5) is 14.5 Å². The monoisotopic (exact) mass is 395 g/mol. The lowest BCUT2D eigenvalue weighted by molar-refractivity contribution is 0.416. The maximum Gasteiger partial charge on any atom is 0.131 e. The van der Waals surface area contributed by atoms with Crippen molar-refractivity contribution in [2.24, 2.45) is 0 Å². The highest BCUT2D eigenvalue weighted by molar-refractivity contribution is 6.31. The molecule has 0 fully saturated rings. The van der Waals surface area contributed by atoms with Crippen molar-refractivity contribution in [1.29, 1.82) is 0 Å². The molecule has 0 aliphatic rings. The van der Waals surface area contributed by atoms with Crippen molar-refractivity contribution < 1.29 is 13.5 Å². The molecule has 3 rings (SSSR count). The second kappa shape index (κ2) is 8.88. The minimum absolute atomic E-state index is 0. The predicted octanol–water partition coefficient (Wildman–Crippen LogP) is 6.33. The molecule has 6 heteroatoms. The molecule has 0 radical (unpaired) electrons. The van der Waals surface area contributed by atoms with Crippen LogP contribution in [0.3, 0.4) is 0 Å². The molecule has 2 nitrogen and oxygen atoms in total. The van der Waals surface area contributed by atoms with Crippen molar-refractivity contribution in [1.82, 2.24) is 0 Å². The van der Waals surface area contributed by atoms with E-state index in [-0.39, 0.29) is 24.5 Å². The van der Waals surface area contributed by atoms with E-state index in [1.54, 1.807) is 13.2 Å². The summed E-state index contributed by atoms with van der Waals surface area (Å²) in [5, 5.41) is 3.64. The maximum atomic E-state index is 13.7. The molecule has 0 aromatic heterocycles. The van der Waals surface area contributed by atoms with Gasteiger partial charge in [0.05, 0.1) is 7.11 Å². The predicted molar refractivity (Wildman–Crippen MR) is 104 cm³/mol. The number of methoxy groups -OCH3 is 1. The van der Waals surface area contributed by atoms with Gasteiger partial charge < -0.3 is 10.1 Å². The summed E-state index contributed by atoms with van der Waals surface area (Å²) in [5.74, 6) is -0.404. The van der Waals surface area contributed by atoms with Gasteiger partial charge in [0.25, 0.3) is 0 Å². The van der Waals surface area contributed by atoms with Crippen LogP contribution >= 0.6 is 24.0 Å². The van der Waals surface area contributed by atoms with E-state index in [9.17, 15) is 8.78 Å². The summed E-state index contributed by atoms with van der Waals surface area (Å²) in [7, 11) is 1.60. The highest BCUT2D eigenvalue weighted by Crippen LogP contribution is 2.33. The second-order valence-corrected chi connectivity index (χ2v) is 5.91. The Kier molecular flexibility index (Phi) is 6.83. The van der Waals surface area contributed by atoms with Gasteiger partial charge in [-0.2, -0.15) is 0 Å². The minimum Gasteiger partial charge on any atom is -0.496 e. The highest BCUT2D eigenvalue weighted by Gasteiger charge is 2.09. The summed E-state index contributed by atoms with van der Waals surface area (Å²) in [6.07, 6.45) is 0. The van der Waals surface area contributed by atoms with Gasteiger partial charge in [-0.05, 0) is 48.0 Å². The third-order valence-electron chi connectivity index (χ3n) is 3.89. The van der Waals surface area contributed by atoms with E-state index in [1.807, 2.05) is 36.4 Å². The molecule has 26 heavy (non-hydrogen) atoms. The first-order valence-corrected chi connectivity index (χ1v) is 8.07. The van der Waals surface area contributed by atoms with E-state index in [1.165, 1.54) is 18.2 Å². The van der Waals surface area contributed by atoms with Crippen LogP contribution in [0.5, 0.6) is 5.75 Å². The van der Waals surface area contributed by atoms with Crippen LogP contribution in [0.2, 0.25) is 5.02 Å².